The summed E-state index contributed by atoms with van der Waals surface area (Å²) in [6.45, 7) is 9.33. The number of nitrogens with one attached hydrogen (secondary N) is 3. The zero-order valence-corrected chi connectivity index (χ0v) is 32.3. The Kier molecular flexibility index (Phi) is 13.0. The van der Waals surface area contributed by atoms with Gasteiger partial charge in [-0.15, -0.1) is 0 Å². The fraction of sp³-hybridized carbons (Fsp3) is 0.561. The third kappa shape index (κ3) is 10.0. The SMILES string of the molecule is CCC[C@H](NC(=O)[C@@H]1C[C@]2(CC(c3cccc(Cl)c3)=NO2)CN1C(=O)[C@@H](NC(=O)CC1CCCCC1)C(C)(C)C)C(=O)C(=O)N[C@@H](C)c1ccccc1. The Morgan fingerprint density at radius 1 is 0.981 bits per heavy atom. The molecule has 3 N–H and O–H groups in total. The van der Waals surface area contributed by atoms with Crippen LogP contribution in [-0.2, 0) is 28.8 Å². The van der Waals surface area contributed by atoms with Gasteiger partial charge in [0.1, 0.15) is 12.1 Å². The second-order valence-electron chi connectivity index (χ2n) is 16.1. The molecule has 2 fully saturated rings. The van der Waals surface area contributed by atoms with Crippen LogP contribution >= 0.6 is 11.6 Å². The predicted octanol–water partition coefficient (Wildman–Crippen LogP) is 6.04. The van der Waals surface area contributed by atoms with E-state index in [0.29, 0.717) is 30.0 Å². The van der Waals surface area contributed by atoms with Crippen molar-refractivity contribution in [3.8, 4) is 0 Å². The Hall–Kier alpha value is -4.25. The first kappa shape index (κ1) is 39.9. The first-order chi connectivity index (χ1) is 25.2. The zero-order valence-electron chi connectivity index (χ0n) is 31.6. The minimum Gasteiger partial charge on any atom is -0.387 e. The summed E-state index contributed by atoms with van der Waals surface area (Å²) in [7, 11) is 0. The molecule has 0 aromatic heterocycles. The molecule has 0 unspecified atom stereocenters. The Labute approximate surface area is 318 Å². The molecule has 3 aliphatic rings. The second kappa shape index (κ2) is 17.3. The molecule has 4 amide bonds. The summed E-state index contributed by atoms with van der Waals surface area (Å²) in [5.41, 5.74) is 0.523. The van der Waals surface area contributed by atoms with Gasteiger partial charge in [0.2, 0.25) is 23.5 Å². The van der Waals surface area contributed by atoms with E-state index in [1.165, 1.54) is 11.3 Å². The number of carbonyl (C=O) groups is 5. The third-order valence-electron chi connectivity index (χ3n) is 10.7. The molecule has 11 nitrogen and oxygen atoms in total. The van der Waals surface area contributed by atoms with Gasteiger partial charge in [-0.3, -0.25) is 24.0 Å². The molecule has 2 heterocycles. The number of benzene rings is 2. The largest absolute Gasteiger partial charge is 0.387 e. The molecule has 12 heteroatoms. The summed E-state index contributed by atoms with van der Waals surface area (Å²) in [5.74, 6) is -2.47. The van der Waals surface area contributed by atoms with Crippen molar-refractivity contribution in [1.82, 2.24) is 20.9 Å². The van der Waals surface area contributed by atoms with E-state index in [0.717, 1.165) is 36.8 Å². The van der Waals surface area contributed by atoms with Gasteiger partial charge in [0.15, 0.2) is 5.60 Å². The standard InChI is InChI=1S/C41H54ClN5O6/c1-6-14-31(35(49)38(51)43-26(2)28-17-11-8-12-18-28)44-37(50)33-24-41(23-32(46-53-41)29-19-13-20-30(42)22-29)25-47(33)39(52)36(40(3,4)5)45-34(48)21-27-15-9-7-10-16-27/h8,11-13,17-20,22,26-27,31,33,36H,6-7,9-10,14-16,21,23-25H2,1-5H3,(H,43,51)(H,44,50)(H,45,48)/t26-,31-,33-,36+,41+/m0/s1. The van der Waals surface area contributed by atoms with Crippen molar-refractivity contribution in [2.24, 2.45) is 16.5 Å². The summed E-state index contributed by atoms with van der Waals surface area (Å²) in [4.78, 5) is 76.7. The Morgan fingerprint density at radius 2 is 1.70 bits per heavy atom. The van der Waals surface area contributed by atoms with E-state index >= 15 is 0 Å². The summed E-state index contributed by atoms with van der Waals surface area (Å²) < 4.78 is 0. The van der Waals surface area contributed by atoms with Crippen molar-refractivity contribution in [3.05, 3.63) is 70.7 Å². The quantitative estimate of drug-likeness (QED) is 0.213. The maximum atomic E-state index is 14.7. The number of oxime groups is 1. The molecule has 0 radical (unpaired) electrons. The molecule has 286 valence electrons. The second-order valence-corrected chi connectivity index (χ2v) is 16.5. The lowest BCUT2D eigenvalue weighted by Gasteiger charge is -2.36. The molecule has 2 aromatic rings. The van der Waals surface area contributed by atoms with Gasteiger partial charge in [0.05, 0.1) is 24.3 Å². The predicted molar refractivity (Wildman–Crippen MR) is 204 cm³/mol. The number of halogens is 1. The van der Waals surface area contributed by atoms with Gasteiger partial charge in [-0.25, -0.2) is 0 Å². The summed E-state index contributed by atoms with van der Waals surface area (Å²) in [5, 5.41) is 13.5. The van der Waals surface area contributed by atoms with E-state index in [-0.39, 0.29) is 31.2 Å². The van der Waals surface area contributed by atoms with E-state index in [1.54, 1.807) is 19.1 Å². The molecule has 1 saturated carbocycles. The Morgan fingerprint density at radius 3 is 2.36 bits per heavy atom. The van der Waals surface area contributed by atoms with Crippen LogP contribution in [0.1, 0.15) is 116 Å². The van der Waals surface area contributed by atoms with Crippen molar-refractivity contribution in [3.63, 3.8) is 0 Å². The van der Waals surface area contributed by atoms with Crippen molar-refractivity contribution in [2.45, 2.75) is 129 Å². The minimum absolute atomic E-state index is 0.0318. The fourth-order valence-corrected chi connectivity index (χ4v) is 7.91. The number of rotatable bonds is 13. The Balaban J connectivity index is 1.37. The molecule has 1 saturated heterocycles. The van der Waals surface area contributed by atoms with Crippen molar-refractivity contribution >= 4 is 46.7 Å². The molecule has 2 aliphatic heterocycles. The van der Waals surface area contributed by atoms with Crippen LogP contribution < -0.4 is 16.0 Å². The van der Waals surface area contributed by atoms with Crippen LogP contribution in [0.5, 0.6) is 0 Å². The normalized spacial score (nSPS) is 22.0. The monoisotopic (exact) mass is 747 g/mol. The molecule has 53 heavy (non-hydrogen) atoms. The highest BCUT2D eigenvalue weighted by Gasteiger charge is 2.55. The van der Waals surface area contributed by atoms with E-state index in [2.05, 4.69) is 21.1 Å². The van der Waals surface area contributed by atoms with Crippen LogP contribution in [0.25, 0.3) is 0 Å². The lowest BCUT2D eigenvalue weighted by atomic mass is 9.84. The zero-order chi connectivity index (χ0) is 38.3. The van der Waals surface area contributed by atoms with Crippen LogP contribution in [0.3, 0.4) is 0 Å². The third-order valence-corrected chi connectivity index (χ3v) is 10.9. The molecule has 5 rings (SSSR count). The molecule has 1 aliphatic carbocycles. The molecule has 5 atom stereocenters. The van der Waals surface area contributed by atoms with Crippen LogP contribution in [0, 0.1) is 11.3 Å². The van der Waals surface area contributed by atoms with E-state index in [9.17, 15) is 24.0 Å². The molecule has 2 aromatic carbocycles. The highest BCUT2D eigenvalue weighted by Crippen LogP contribution is 2.40. The number of Topliss-reactive ketones (excluding diaryl/α,β-unsaturated/α-hetero) is 1. The maximum absolute atomic E-state index is 14.7. The number of carbonyl (C=O) groups excluding carboxylic acids is 5. The lowest BCUT2D eigenvalue weighted by molar-refractivity contribution is -0.145. The molecular formula is C41H54ClN5O6. The number of likely N-dealkylation sites (tertiary alicyclic amines) is 1. The number of nitrogens with zero attached hydrogens (tertiary/aromatic N) is 2. The van der Waals surface area contributed by atoms with Crippen LogP contribution in [-0.4, -0.2) is 70.3 Å². The van der Waals surface area contributed by atoms with Crippen LogP contribution in [0.4, 0.5) is 0 Å². The van der Waals surface area contributed by atoms with Gasteiger partial charge in [-0.05, 0) is 55.2 Å². The van der Waals surface area contributed by atoms with Gasteiger partial charge < -0.3 is 25.7 Å². The maximum Gasteiger partial charge on any atom is 0.290 e. The molecule has 0 bridgehead atoms. The first-order valence-electron chi connectivity index (χ1n) is 19.0. The summed E-state index contributed by atoms with van der Waals surface area (Å²) in [6, 6.07) is 13.0. The highest BCUT2D eigenvalue weighted by molar-refractivity contribution is 6.38. The lowest BCUT2D eigenvalue weighted by Crippen LogP contribution is -2.59. The number of hydrogen-bond acceptors (Lipinski definition) is 7. The van der Waals surface area contributed by atoms with E-state index in [4.69, 9.17) is 16.4 Å². The van der Waals surface area contributed by atoms with Gasteiger partial charge in [0.25, 0.3) is 5.91 Å². The fourth-order valence-electron chi connectivity index (χ4n) is 7.72. The summed E-state index contributed by atoms with van der Waals surface area (Å²) in [6.07, 6.45) is 6.85. The smallest absolute Gasteiger partial charge is 0.290 e. The first-order valence-corrected chi connectivity index (χ1v) is 19.4. The van der Waals surface area contributed by atoms with Crippen molar-refractivity contribution in [2.75, 3.05) is 6.54 Å². The summed E-state index contributed by atoms with van der Waals surface area (Å²) >= 11 is 6.27. The average Bonchev–Trinajstić information content (AvgIpc) is 3.73. The van der Waals surface area contributed by atoms with Gasteiger partial charge >= 0.3 is 0 Å². The Bertz CT molecular complexity index is 1690. The highest BCUT2D eigenvalue weighted by atomic mass is 35.5. The van der Waals surface area contributed by atoms with Crippen molar-refractivity contribution < 1.29 is 28.8 Å². The van der Waals surface area contributed by atoms with Crippen LogP contribution in [0.15, 0.2) is 59.8 Å². The van der Waals surface area contributed by atoms with Crippen LogP contribution in [0.2, 0.25) is 5.02 Å². The average molecular weight is 748 g/mol. The van der Waals surface area contributed by atoms with Gasteiger partial charge in [0, 0.05) is 29.8 Å². The molecular weight excluding hydrogens is 694 g/mol. The molecule has 1 spiro atoms. The number of amides is 4. The topological polar surface area (TPSA) is 146 Å². The minimum atomic E-state index is -1.11. The van der Waals surface area contributed by atoms with Crippen molar-refractivity contribution in [1.29, 1.82) is 0 Å². The van der Waals surface area contributed by atoms with E-state index < -0.39 is 58.7 Å². The number of ketones is 1. The van der Waals surface area contributed by atoms with E-state index in [1.807, 2.05) is 70.2 Å². The van der Waals surface area contributed by atoms with Gasteiger partial charge in [-0.2, -0.15) is 0 Å². The number of hydrogen-bond donors (Lipinski definition) is 3. The van der Waals surface area contributed by atoms with Gasteiger partial charge in [-0.1, -0.05) is 113 Å².